The van der Waals surface area contributed by atoms with Gasteiger partial charge in [0.05, 0.1) is 17.9 Å². The van der Waals surface area contributed by atoms with Crippen LogP contribution in [0.15, 0.2) is 16.8 Å². The zero-order chi connectivity index (χ0) is 27.2. The van der Waals surface area contributed by atoms with Crippen LogP contribution in [0.2, 0.25) is 0 Å². The molecule has 9 atom stereocenters. The number of carbonyl (C=O) groups excluding carboxylic acids is 2. The number of nitrogens with zero attached hydrogens (tertiary/aromatic N) is 2. The molecule has 3 saturated carbocycles. The molecule has 8 nitrogen and oxygen atoms in total. The molecule has 8 heteroatoms. The molecule has 1 heterocycles. The largest absolute Gasteiger partial charge is 0.435 e. The molecule has 2 amide bonds. The van der Waals surface area contributed by atoms with Crippen LogP contribution in [-0.4, -0.2) is 66.5 Å². The summed E-state index contributed by atoms with van der Waals surface area (Å²) in [6.45, 7) is 7.46. The van der Waals surface area contributed by atoms with Gasteiger partial charge in [-0.25, -0.2) is 4.79 Å². The predicted octanol–water partition coefficient (Wildman–Crippen LogP) is 4.24. The normalized spacial score (nSPS) is 42.4. The van der Waals surface area contributed by atoms with Gasteiger partial charge in [-0.2, -0.15) is 0 Å². The maximum atomic E-state index is 12.7. The van der Waals surface area contributed by atoms with E-state index in [0.717, 1.165) is 50.2 Å². The maximum absolute atomic E-state index is 12.7. The van der Waals surface area contributed by atoms with E-state index in [1.807, 2.05) is 6.92 Å². The van der Waals surface area contributed by atoms with Crippen LogP contribution in [0.4, 0.5) is 4.79 Å². The van der Waals surface area contributed by atoms with E-state index >= 15 is 0 Å². The maximum Gasteiger partial charge on any atom is 0.435 e. The van der Waals surface area contributed by atoms with E-state index in [9.17, 15) is 14.7 Å². The van der Waals surface area contributed by atoms with Crippen molar-refractivity contribution in [2.75, 3.05) is 20.6 Å². The van der Waals surface area contributed by atoms with Crippen LogP contribution in [0.5, 0.6) is 0 Å². The molecule has 38 heavy (non-hydrogen) atoms. The lowest BCUT2D eigenvalue weighted by Gasteiger charge is -2.58. The zero-order valence-corrected chi connectivity index (χ0v) is 24.0. The monoisotopic (exact) mass is 528 g/mol. The smallest absolute Gasteiger partial charge is 0.389 e. The van der Waals surface area contributed by atoms with E-state index in [2.05, 4.69) is 35.7 Å². The van der Waals surface area contributed by atoms with Crippen LogP contribution in [0, 0.1) is 34.5 Å². The van der Waals surface area contributed by atoms with Crippen molar-refractivity contribution in [1.29, 1.82) is 0 Å². The van der Waals surface area contributed by atoms with Gasteiger partial charge in [-0.1, -0.05) is 30.7 Å². The van der Waals surface area contributed by atoms with Crippen LogP contribution in [0.1, 0.15) is 85.0 Å². The van der Waals surface area contributed by atoms with Gasteiger partial charge in [-0.05, 0) is 99.7 Å². The molecule has 0 bridgehead atoms. The molecule has 5 aliphatic rings. The van der Waals surface area contributed by atoms with Crippen molar-refractivity contribution in [3.8, 4) is 0 Å². The Morgan fingerprint density at radius 3 is 2.68 bits per heavy atom. The number of fused-ring (bicyclic) bond motifs is 5. The van der Waals surface area contributed by atoms with Gasteiger partial charge in [0, 0.05) is 32.6 Å². The highest BCUT2D eigenvalue weighted by atomic mass is 16.7. The SMILES string of the molecule is CNC(=O)C1CCC(CN(C)C(=O)O/N=C(\C)[C@H]2CC[C@H]3[C@@H]4CCC5=C[C@@H](O)CC[C@]5(C)[C@H]4CC[C@]23C)N1. The highest BCUT2D eigenvalue weighted by Crippen LogP contribution is 2.66. The number of carbonyl (C=O) groups is 2. The van der Waals surface area contributed by atoms with Crippen molar-refractivity contribution >= 4 is 17.7 Å². The second-order valence-corrected chi connectivity index (χ2v) is 13.4. The molecule has 4 fully saturated rings. The lowest BCUT2D eigenvalue weighted by atomic mass is 9.46. The van der Waals surface area contributed by atoms with Crippen molar-refractivity contribution in [3.05, 3.63) is 11.6 Å². The Balaban J connectivity index is 1.19. The molecule has 0 aromatic rings. The van der Waals surface area contributed by atoms with Crippen molar-refractivity contribution in [1.82, 2.24) is 15.5 Å². The van der Waals surface area contributed by atoms with E-state index in [1.54, 1.807) is 19.0 Å². The minimum Gasteiger partial charge on any atom is -0.389 e. The second-order valence-electron chi connectivity index (χ2n) is 13.4. The summed E-state index contributed by atoms with van der Waals surface area (Å²) in [6, 6.07) is -0.121. The van der Waals surface area contributed by atoms with Gasteiger partial charge in [0.25, 0.3) is 0 Å². The summed E-state index contributed by atoms with van der Waals surface area (Å²) in [5, 5.41) is 20.6. The van der Waals surface area contributed by atoms with Crippen LogP contribution in [0.25, 0.3) is 0 Å². The van der Waals surface area contributed by atoms with Crippen LogP contribution in [-0.2, 0) is 9.63 Å². The molecule has 1 aliphatic heterocycles. The van der Waals surface area contributed by atoms with Gasteiger partial charge >= 0.3 is 6.09 Å². The van der Waals surface area contributed by atoms with Crippen LogP contribution >= 0.6 is 0 Å². The number of aliphatic hydroxyl groups excluding tert-OH is 1. The Bertz CT molecular complexity index is 997. The fourth-order valence-electron chi connectivity index (χ4n) is 9.39. The Kier molecular flexibility index (Phi) is 7.68. The first-order chi connectivity index (χ1) is 18.1. The van der Waals surface area contributed by atoms with Gasteiger partial charge in [0.15, 0.2) is 0 Å². The second kappa shape index (κ2) is 10.6. The van der Waals surface area contributed by atoms with Gasteiger partial charge in [0.2, 0.25) is 5.91 Å². The number of oxime groups is 1. The van der Waals surface area contributed by atoms with Crippen molar-refractivity contribution in [3.63, 3.8) is 0 Å². The number of rotatable bonds is 5. The number of nitrogens with one attached hydrogen (secondary N) is 2. The first kappa shape index (κ1) is 27.6. The Morgan fingerprint density at radius 1 is 1.13 bits per heavy atom. The number of aliphatic hydroxyl groups is 1. The number of allylic oxidation sites excluding steroid dienone is 1. The predicted molar refractivity (Wildman–Crippen MR) is 147 cm³/mol. The average molecular weight is 529 g/mol. The lowest BCUT2D eigenvalue weighted by molar-refractivity contribution is -0.122. The quantitative estimate of drug-likeness (QED) is 0.214. The molecule has 0 aromatic carbocycles. The summed E-state index contributed by atoms with van der Waals surface area (Å²) in [5.41, 5.74) is 2.90. The van der Waals surface area contributed by atoms with Crippen molar-refractivity contribution in [2.24, 2.45) is 39.7 Å². The zero-order valence-electron chi connectivity index (χ0n) is 24.0. The van der Waals surface area contributed by atoms with E-state index < -0.39 is 6.09 Å². The van der Waals surface area contributed by atoms with Gasteiger partial charge in [-0.15, -0.1) is 0 Å². The highest BCUT2D eigenvalue weighted by Gasteiger charge is 2.59. The lowest BCUT2D eigenvalue weighted by Crippen LogP contribution is -2.51. The summed E-state index contributed by atoms with van der Waals surface area (Å²) >= 11 is 0. The first-order valence-electron chi connectivity index (χ1n) is 14.9. The third-order valence-electron chi connectivity index (χ3n) is 11.5. The summed E-state index contributed by atoms with van der Waals surface area (Å²) in [4.78, 5) is 31.6. The van der Waals surface area contributed by atoms with Crippen LogP contribution in [0.3, 0.4) is 0 Å². The minimum atomic E-state index is -0.447. The van der Waals surface area contributed by atoms with Crippen molar-refractivity contribution in [2.45, 2.75) is 103 Å². The average Bonchev–Trinajstić information content (AvgIpc) is 3.51. The molecule has 212 valence electrons. The van der Waals surface area contributed by atoms with E-state index in [0.29, 0.717) is 24.3 Å². The minimum absolute atomic E-state index is 0.00729. The Labute approximate surface area is 228 Å². The number of hydrogen-bond acceptors (Lipinski definition) is 6. The molecule has 1 saturated heterocycles. The fraction of sp³-hybridized carbons (Fsp3) is 0.833. The molecule has 5 rings (SSSR count). The van der Waals surface area contributed by atoms with Crippen LogP contribution < -0.4 is 10.6 Å². The van der Waals surface area contributed by atoms with Gasteiger partial charge in [0.1, 0.15) is 0 Å². The van der Waals surface area contributed by atoms with E-state index in [-0.39, 0.29) is 34.9 Å². The third-order valence-corrected chi connectivity index (χ3v) is 11.5. The number of likely N-dealkylation sites (N-methyl/N-ethyl adjacent to an activating group) is 2. The Hall–Kier alpha value is -1.93. The molecule has 4 aliphatic carbocycles. The summed E-state index contributed by atoms with van der Waals surface area (Å²) in [7, 11) is 3.37. The van der Waals surface area contributed by atoms with Gasteiger partial charge in [-0.3, -0.25) is 9.63 Å². The molecular formula is C30H48N4O4. The fourth-order valence-corrected chi connectivity index (χ4v) is 9.39. The van der Waals surface area contributed by atoms with E-state index in [1.165, 1.54) is 31.3 Å². The topological polar surface area (TPSA) is 103 Å². The number of hydrogen-bond donors (Lipinski definition) is 3. The summed E-state index contributed by atoms with van der Waals surface area (Å²) in [5.74, 6) is 2.46. The first-order valence-corrected chi connectivity index (χ1v) is 14.9. The third kappa shape index (κ3) is 4.80. The molecule has 0 spiro atoms. The molecule has 3 N–H and O–H groups in total. The standard InChI is InChI=1S/C30H48N4O4/c1-18(33-38-28(37)34(5)17-20-7-11-26(32-20)27(36)31-4)23-9-10-24-22-8-6-19-16-21(35)12-14-29(19,2)25(22)13-15-30(23,24)3/h16,20-26,32,35H,6-15,17H2,1-5H3,(H,31,36)/b33-18+/t20?,21-,22-,23+,24-,25-,26?,29-,30+/m0/s1. The summed E-state index contributed by atoms with van der Waals surface area (Å²) in [6.07, 6.45) is 12.2. The molecule has 0 aromatic heterocycles. The molecule has 2 unspecified atom stereocenters. The Morgan fingerprint density at radius 2 is 1.92 bits per heavy atom. The molecular weight excluding hydrogens is 480 g/mol. The van der Waals surface area contributed by atoms with Gasteiger partial charge < -0.3 is 20.6 Å². The summed E-state index contributed by atoms with van der Waals surface area (Å²) < 4.78 is 0. The highest BCUT2D eigenvalue weighted by molar-refractivity contribution is 5.85. The van der Waals surface area contributed by atoms with E-state index in [4.69, 9.17) is 4.84 Å². The van der Waals surface area contributed by atoms with Crippen molar-refractivity contribution < 1.29 is 19.5 Å². The number of amides is 2. The molecule has 0 radical (unpaired) electrons.